The second-order valence-corrected chi connectivity index (χ2v) is 9.37. The van der Waals surface area contributed by atoms with Gasteiger partial charge in [-0.05, 0) is 63.9 Å². The van der Waals surface area contributed by atoms with Gasteiger partial charge in [-0.1, -0.05) is 6.08 Å². The van der Waals surface area contributed by atoms with Crippen molar-refractivity contribution >= 4 is 17.1 Å². The van der Waals surface area contributed by atoms with E-state index < -0.39 is 34.2 Å². The maximum absolute atomic E-state index is 13.0. The van der Waals surface area contributed by atoms with Crippen LogP contribution in [-0.2, 0) is 19.3 Å². The Bertz CT molecular complexity index is 773. The summed E-state index contributed by atoms with van der Waals surface area (Å²) in [6, 6.07) is 4.89. The molecule has 2 heterocycles. The summed E-state index contributed by atoms with van der Waals surface area (Å²) >= 11 is 0. The molecule has 0 bridgehead atoms. The topological polar surface area (TPSA) is 55.8 Å². The Hall–Kier alpha value is -1.22. The number of benzene rings is 1. The van der Waals surface area contributed by atoms with Crippen molar-refractivity contribution in [3.8, 4) is 0 Å². The Labute approximate surface area is 149 Å². The highest BCUT2D eigenvalue weighted by atomic mass is 32.2. The quantitative estimate of drug-likeness (QED) is 0.771. The van der Waals surface area contributed by atoms with Crippen molar-refractivity contribution in [2.45, 2.75) is 50.2 Å². The summed E-state index contributed by atoms with van der Waals surface area (Å²) in [6.07, 6.45) is 2.39. The van der Waals surface area contributed by atoms with Crippen LogP contribution < -0.4 is 0 Å². The number of sulfonamides is 1. The Kier molecular flexibility index (Phi) is 4.60. The minimum Gasteiger partial charge on any atom is -0.400 e. The Morgan fingerprint density at radius 1 is 1.08 bits per heavy atom. The predicted octanol–water partition coefficient (Wildman–Crippen LogP) is 2.78. The molecule has 1 fully saturated rings. The lowest BCUT2D eigenvalue weighted by molar-refractivity contribution is 0.00578. The third-order valence-electron chi connectivity index (χ3n) is 5.21. The minimum atomic E-state index is -3.63. The lowest BCUT2D eigenvalue weighted by Gasteiger charge is -2.32. The van der Waals surface area contributed by atoms with Crippen LogP contribution in [0, 0.1) is 5.82 Å². The molecule has 0 N–H and O–H groups in total. The molecule has 25 heavy (non-hydrogen) atoms. The Morgan fingerprint density at radius 3 is 2.12 bits per heavy atom. The first-order valence-corrected chi connectivity index (χ1v) is 9.77. The zero-order valence-electron chi connectivity index (χ0n) is 15.0. The van der Waals surface area contributed by atoms with Crippen LogP contribution in [0.15, 0.2) is 40.7 Å². The van der Waals surface area contributed by atoms with Gasteiger partial charge >= 0.3 is 7.12 Å². The fourth-order valence-corrected chi connectivity index (χ4v) is 4.23. The van der Waals surface area contributed by atoms with Crippen LogP contribution in [0.2, 0.25) is 0 Å². The first-order chi connectivity index (χ1) is 11.5. The molecule has 1 saturated heterocycles. The second-order valence-electron chi connectivity index (χ2n) is 7.43. The van der Waals surface area contributed by atoms with Crippen molar-refractivity contribution in [1.82, 2.24) is 4.31 Å². The average molecular weight is 367 g/mol. The molecule has 8 heteroatoms. The molecule has 1 aromatic rings. The van der Waals surface area contributed by atoms with E-state index in [0.29, 0.717) is 13.0 Å². The minimum absolute atomic E-state index is 0.0985. The molecule has 0 spiro atoms. The van der Waals surface area contributed by atoms with Gasteiger partial charge in [-0.15, -0.1) is 0 Å². The van der Waals surface area contributed by atoms with Gasteiger partial charge in [0.2, 0.25) is 10.0 Å². The van der Waals surface area contributed by atoms with Gasteiger partial charge in [-0.2, -0.15) is 4.31 Å². The molecule has 0 amide bonds. The van der Waals surface area contributed by atoms with Crippen LogP contribution in [0.3, 0.4) is 0 Å². The zero-order valence-corrected chi connectivity index (χ0v) is 15.8. The van der Waals surface area contributed by atoms with Crippen molar-refractivity contribution in [2.75, 3.05) is 13.1 Å². The number of nitrogens with zero attached hydrogens (tertiary/aromatic N) is 1. The van der Waals surface area contributed by atoms with Crippen LogP contribution in [-0.4, -0.2) is 44.1 Å². The molecule has 0 aromatic heterocycles. The van der Waals surface area contributed by atoms with Gasteiger partial charge < -0.3 is 9.31 Å². The van der Waals surface area contributed by atoms with Crippen molar-refractivity contribution in [1.29, 1.82) is 0 Å². The molecular weight excluding hydrogens is 344 g/mol. The molecule has 0 radical (unpaired) electrons. The van der Waals surface area contributed by atoms with E-state index >= 15 is 0 Å². The summed E-state index contributed by atoms with van der Waals surface area (Å²) in [5, 5.41) is 0. The van der Waals surface area contributed by atoms with Crippen LogP contribution in [0.1, 0.15) is 34.1 Å². The lowest BCUT2D eigenvalue weighted by atomic mass is 9.75. The van der Waals surface area contributed by atoms with E-state index in [1.165, 1.54) is 16.4 Å². The first kappa shape index (κ1) is 18.6. The average Bonchev–Trinajstić information content (AvgIpc) is 2.76. The van der Waals surface area contributed by atoms with E-state index in [2.05, 4.69) is 0 Å². The molecule has 1 aromatic carbocycles. The van der Waals surface area contributed by atoms with Gasteiger partial charge in [0, 0.05) is 13.1 Å². The van der Waals surface area contributed by atoms with Crippen molar-refractivity contribution in [2.24, 2.45) is 0 Å². The van der Waals surface area contributed by atoms with E-state index in [0.717, 1.165) is 17.6 Å². The molecule has 0 saturated carbocycles. The van der Waals surface area contributed by atoms with Crippen LogP contribution in [0.25, 0.3) is 0 Å². The highest BCUT2D eigenvalue weighted by Crippen LogP contribution is 2.39. The molecule has 2 aliphatic heterocycles. The Morgan fingerprint density at radius 2 is 1.64 bits per heavy atom. The van der Waals surface area contributed by atoms with E-state index in [-0.39, 0.29) is 11.4 Å². The van der Waals surface area contributed by atoms with Crippen LogP contribution >= 0.6 is 0 Å². The fourth-order valence-electron chi connectivity index (χ4n) is 2.85. The summed E-state index contributed by atoms with van der Waals surface area (Å²) in [7, 11) is -4.07. The monoisotopic (exact) mass is 367 g/mol. The molecule has 136 valence electrons. The van der Waals surface area contributed by atoms with Crippen LogP contribution in [0.4, 0.5) is 4.39 Å². The Balaban J connectivity index is 1.74. The normalized spacial score (nSPS) is 23.6. The number of halogens is 1. The SMILES string of the molecule is CC1(C)OB(C2=CCN(S(=O)(=O)c3ccc(F)cc3)CC2)OC1(C)C. The van der Waals surface area contributed by atoms with E-state index in [1.54, 1.807) is 0 Å². The summed E-state index contributed by atoms with van der Waals surface area (Å²) in [5.41, 5.74) is 0.121. The molecule has 0 aliphatic carbocycles. The largest absolute Gasteiger partial charge is 0.490 e. The van der Waals surface area contributed by atoms with Crippen molar-refractivity contribution < 1.29 is 22.1 Å². The first-order valence-electron chi connectivity index (χ1n) is 8.33. The van der Waals surface area contributed by atoms with Gasteiger partial charge in [0.15, 0.2) is 0 Å². The van der Waals surface area contributed by atoms with Gasteiger partial charge in [0.1, 0.15) is 5.82 Å². The summed E-state index contributed by atoms with van der Waals surface area (Å²) < 4.78 is 51.7. The van der Waals surface area contributed by atoms with Crippen molar-refractivity contribution in [3.05, 3.63) is 41.6 Å². The van der Waals surface area contributed by atoms with Gasteiger partial charge in [-0.25, -0.2) is 12.8 Å². The molecule has 0 atom stereocenters. The summed E-state index contributed by atoms with van der Waals surface area (Å²) in [6.45, 7) is 8.54. The van der Waals surface area contributed by atoms with Crippen molar-refractivity contribution in [3.63, 3.8) is 0 Å². The third kappa shape index (κ3) is 3.40. The fraction of sp³-hybridized carbons (Fsp3) is 0.529. The lowest BCUT2D eigenvalue weighted by Crippen LogP contribution is -2.41. The third-order valence-corrected chi connectivity index (χ3v) is 7.09. The zero-order chi connectivity index (χ0) is 18.5. The second kappa shape index (κ2) is 6.19. The van der Waals surface area contributed by atoms with Gasteiger partial charge in [0.05, 0.1) is 16.1 Å². The van der Waals surface area contributed by atoms with E-state index in [9.17, 15) is 12.8 Å². The van der Waals surface area contributed by atoms with Gasteiger partial charge in [-0.3, -0.25) is 0 Å². The molecule has 0 unspecified atom stereocenters. The number of hydrogen-bond acceptors (Lipinski definition) is 4. The summed E-state index contributed by atoms with van der Waals surface area (Å²) in [4.78, 5) is 0.0985. The molecule has 5 nitrogen and oxygen atoms in total. The van der Waals surface area contributed by atoms with Crippen LogP contribution in [0.5, 0.6) is 0 Å². The maximum atomic E-state index is 13.0. The molecule has 3 rings (SSSR count). The maximum Gasteiger partial charge on any atom is 0.490 e. The highest BCUT2D eigenvalue weighted by molar-refractivity contribution is 7.89. The van der Waals surface area contributed by atoms with Gasteiger partial charge in [0.25, 0.3) is 0 Å². The summed E-state index contributed by atoms with van der Waals surface area (Å²) in [5.74, 6) is -0.458. The standard InChI is InChI=1S/C17H23BFNO4S/c1-16(2)17(3,4)24-18(23-16)13-9-11-20(12-10-13)25(21,22)15-7-5-14(19)6-8-15/h5-9H,10-12H2,1-4H3. The molecule has 2 aliphatic rings. The highest BCUT2D eigenvalue weighted by Gasteiger charge is 2.52. The molecular formula is C17H23BFNO4S. The smallest absolute Gasteiger partial charge is 0.400 e. The number of rotatable bonds is 3. The van der Waals surface area contributed by atoms with E-state index in [1.807, 2.05) is 33.8 Å². The number of hydrogen-bond donors (Lipinski definition) is 0. The predicted molar refractivity (Wildman–Crippen MR) is 93.9 cm³/mol. The van der Waals surface area contributed by atoms with E-state index in [4.69, 9.17) is 9.31 Å².